The van der Waals surface area contributed by atoms with Crippen molar-refractivity contribution in [2.45, 2.75) is 20.8 Å². The molecule has 21 heavy (non-hydrogen) atoms. The highest BCUT2D eigenvalue weighted by molar-refractivity contribution is 6.23. The Morgan fingerprint density at radius 1 is 1.14 bits per heavy atom. The minimum absolute atomic E-state index is 0.0316. The number of hydrogen-bond acceptors (Lipinski definition) is 7. The molecule has 0 saturated carbocycles. The van der Waals surface area contributed by atoms with Crippen LogP contribution in [0.3, 0.4) is 0 Å². The van der Waals surface area contributed by atoms with E-state index < -0.39 is 16.7 Å². The number of Topliss-reactive ketones (excluding diaryl/α,β-unsaturated/α-hetero) is 1. The van der Waals surface area contributed by atoms with Gasteiger partial charge in [-0.1, -0.05) is 0 Å². The first-order chi connectivity index (χ1) is 9.78. The Balaban J connectivity index is 0. The molecule has 114 valence electrons. The van der Waals surface area contributed by atoms with Gasteiger partial charge in [0.2, 0.25) is 0 Å². The first-order valence-electron chi connectivity index (χ1n) is 5.56. The van der Waals surface area contributed by atoms with Crippen molar-refractivity contribution >= 4 is 30.0 Å². The maximum atomic E-state index is 10.5. The first kappa shape index (κ1) is 20.4. The molecule has 0 aliphatic carbocycles. The minimum atomic E-state index is -0.516. The highest BCUT2D eigenvalue weighted by Crippen LogP contribution is 2.17. The summed E-state index contributed by atoms with van der Waals surface area (Å²) in [5, 5.41) is 10.2. The zero-order valence-corrected chi connectivity index (χ0v) is 11.8. The van der Waals surface area contributed by atoms with Crippen LogP contribution in [-0.4, -0.2) is 29.2 Å². The lowest BCUT2D eigenvalue weighted by atomic mass is 10.3. The first-order valence-corrected chi connectivity index (χ1v) is 5.56. The number of nitrogens with zero attached hydrogens (tertiary/aromatic N) is 1. The molecule has 0 heterocycles. The SMILES string of the molecule is CC(=O)C=O.CC(=O)Oc1ccc([N+](=O)[O-])cc1.CC=O. The summed E-state index contributed by atoms with van der Waals surface area (Å²) in [5.74, 6) is -0.572. The second-order valence-electron chi connectivity index (χ2n) is 3.31. The molecule has 1 aromatic rings. The quantitative estimate of drug-likeness (QED) is 0.207. The van der Waals surface area contributed by atoms with E-state index >= 15 is 0 Å². The molecule has 0 aromatic heterocycles. The summed E-state index contributed by atoms with van der Waals surface area (Å²) in [4.78, 5) is 47.6. The smallest absolute Gasteiger partial charge is 0.308 e. The number of carbonyl (C=O) groups excluding carboxylic acids is 4. The van der Waals surface area contributed by atoms with Gasteiger partial charge in [-0.3, -0.25) is 24.5 Å². The van der Waals surface area contributed by atoms with Crippen LogP contribution < -0.4 is 4.74 Å². The van der Waals surface area contributed by atoms with E-state index in [1.54, 1.807) is 0 Å². The van der Waals surface area contributed by atoms with Crippen LogP contribution in [0, 0.1) is 10.1 Å². The van der Waals surface area contributed by atoms with Crippen molar-refractivity contribution in [2.75, 3.05) is 0 Å². The van der Waals surface area contributed by atoms with Crippen molar-refractivity contribution in [2.24, 2.45) is 0 Å². The second-order valence-corrected chi connectivity index (χ2v) is 3.31. The highest BCUT2D eigenvalue weighted by atomic mass is 16.6. The average Bonchev–Trinajstić information content (AvgIpc) is 2.40. The molecule has 8 nitrogen and oxygen atoms in total. The van der Waals surface area contributed by atoms with Gasteiger partial charge >= 0.3 is 5.97 Å². The monoisotopic (exact) mass is 297 g/mol. The number of rotatable bonds is 3. The molecule has 0 fully saturated rings. The van der Waals surface area contributed by atoms with Gasteiger partial charge in [-0.2, -0.15) is 0 Å². The van der Waals surface area contributed by atoms with Gasteiger partial charge in [0.05, 0.1) is 4.92 Å². The highest BCUT2D eigenvalue weighted by Gasteiger charge is 2.04. The Morgan fingerprint density at radius 3 is 1.76 bits per heavy atom. The molecule has 0 atom stereocenters. The molecular formula is C13H15NO7. The summed E-state index contributed by atoms with van der Waals surface area (Å²) in [6.45, 7) is 3.93. The fourth-order valence-corrected chi connectivity index (χ4v) is 0.802. The van der Waals surface area contributed by atoms with Crippen molar-refractivity contribution < 1.29 is 28.8 Å². The Kier molecular flexibility index (Phi) is 11.8. The number of nitro benzene ring substituents is 1. The van der Waals surface area contributed by atoms with Crippen molar-refractivity contribution in [1.29, 1.82) is 0 Å². The van der Waals surface area contributed by atoms with Crippen molar-refractivity contribution in [1.82, 2.24) is 0 Å². The largest absolute Gasteiger partial charge is 0.427 e. The standard InChI is InChI=1S/C8H7NO4.C3H4O2.C2H4O/c1-6(10)13-8-4-2-7(3-5-8)9(11)12;1-3(5)2-4;1-2-3/h2-5H,1H3;2H,1H3;2H,1H3. The fourth-order valence-electron chi connectivity index (χ4n) is 0.802. The molecule has 0 unspecified atom stereocenters. The maximum absolute atomic E-state index is 10.5. The van der Waals surface area contributed by atoms with E-state index in [9.17, 15) is 19.7 Å². The minimum Gasteiger partial charge on any atom is -0.427 e. The normalized spacial score (nSPS) is 7.95. The van der Waals surface area contributed by atoms with Gasteiger partial charge in [0.15, 0.2) is 12.1 Å². The van der Waals surface area contributed by atoms with Crippen LogP contribution in [0.15, 0.2) is 24.3 Å². The predicted octanol–water partition coefficient (Wildman–Crippen LogP) is 1.50. The molecular weight excluding hydrogens is 282 g/mol. The number of aldehydes is 2. The van der Waals surface area contributed by atoms with Crippen molar-refractivity contribution in [3.63, 3.8) is 0 Å². The maximum Gasteiger partial charge on any atom is 0.308 e. The van der Waals surface area contributed by atoms with Gasteiger partial charge in [0.1, 0.15) is 12.0 Å². The van der Waals surface area contributed by atoms with Crippen LogP contribution in [0.4, 0.5) is 5.69 Å². The Labute approximate surface area is 120 Å². The summed E-state index contributed by atoms with van der Waals surface area (Å²) in [5.41, 5.74) is -0.0316. The molecule has 0 spiro atoms. The molecule has 8 heteroatoms. The molecule has 0 aliphatic rings. The number of hydrogen-bond donors (Lipinski definition) is 0. The topological polar surface area (TPSA) is 121 Å². The molecule has 1 rings (SSSR count). The van der Waals surface area contributed by atoms with Crippen LogP contribution in [0.5, 0.6) is 5.75 Å². The number of non-ortho nitro benzene ring substituents is 1. The average molecular weight is 297 g/mol. The molecule has 0 radical (unpaired) electrons. The van der Waals surface area contributed by atoms with Crippen LogP contribution in [0.25, 0.3) is 0 Å². The van der Waals surface area contributed by atoms with Crippen molar-refractivity contribution in [3.05, 3.63) is 34.4 Å². The molecule has 0 saturated heterocycles. The van der Waals surface area contributed by atoms with Gasteiger partial charge in [0, 0.05) is 26.0 Å². The number of carbonyl (C=O) groups is 4. The summed E-state index contributed by atoms with van der Waals surface area (Å²) in [6, 6.07) is 5.30. The molecule has 0 amide bonds. The van der Waals surface area contributed by atoms with Gasteiger partial charge in [0.25, 0.3) is 5.69 Å². The van der Waals surface area contributed by atoms with E-state index in [1.165, 1.54) is 45.0 Å². The Morgan fingerprint density at radius 2 is 1.52 bits per heavy atom. The summed E-state index contributed by atoms with van der Waals surface area (Å²) in [6.07, 6.45) is 1.03. The van der Waals surface area contributed by atoms with E-state index in [0.29, 0.717) is 5.75 Å². The van der Waals surface area contributed by atoms with Gasteiger partial charge in [-0.05, 0) is 19.1 Å². The lowest BCUT2D eigenvalue weighted by Gasteiger charge is -1.98. The molecule has 1 aromatic carbocycles. The summed E-state index contributed by atoms with van der Waals surface area (Å²) >= 11 is 0. The molecule has 0 aliphatic heterocycles. The van der Waals surface area contributed by atoms with Crippen LogP contribution in [-0.2, 0) is 19.2 Å². The second kappa shape index (κ2) is 12.2. The number of ether oxygens (including phenoxy) is 1. The van der Waals surface area contributed by atoms with E-state index in [1.807, 2.05) is 0 Å². The van der Waals surface area contributed by atoms with Crippen LogP contribution in [0.2, 0.25) is 0 Å². The third-order valence-electron chi connectivity index (χ3n) is 1.48. The van der Waals surface area contributed by atoms with E-state index in [0.717, 1.165) is 6.29 Å². The summed E-state index contributed by atoms with van der Waals surface area (Å²) in [7, 11) is 0. The number of nitro groups is 1. The molecule has 0 bridgehead atoms. The van der Waals surface area contributed by atoms with Gasteiger partial charge < -0.3 is 9.53 Å². The van der Waals surface area contributed by atoms with Crippen LogP contribution in [0.1, 0.15) is 20.8 Å². The molecule has 0 N–H and O–H groups in total. The van der Waals surface area contributed by atoms with Gasteiger partial charge in [-0.25, -0.2) is 0 Å². The third kappa shape index (κ3) is 13.3. The number of esters is 1. The van der Waals surface area contributed by atoms with E-state index in [-0.39, 0.29) is 12.0 Å². The van der Waals surface area contributed by atoms with E-state index in [4.69, 9.17) is 9.59 Å². The van der Waals surface area contributed by atoms with Crippen LogP contribution >= 0.6 is 0 Å². The third-order valence-corrected chi connectivity index (χ3v) is 1.48. The van der Waals surface area contributed by atoms with Gasteiger partial charge in [-0.15, -0.1) is 0 Å². The van der Waals surface area contributed by atoms with E-state index in [2.05, 4.69) is 4.74 Å². The fraction of sp³-hybridized carbons (Fsp3) is 0.231. The Hall–Kier alpha value is -2.90. The summed E-state index contributed by atoms with van der Waals surface area (Å²) < 4.78 is 4.69. The van der Waals surface area contributed by atoms with Crippen molar-refractivity contribution in [3.8, 4) is 5.75 Å². The lowest BCUT2D eigenvalue weighted by molar-refractivity contribution is -0.384. The zero-order chi connectivity index (χ0) is 16.8. The Bertz CT molecular complexity index is 494. The predicted molar refractivity (Wildman–Crippen MR) is 72.9 cm³/mol. The lowest BCUT2D eigenvalue weighted by Crippen LogP contribution is -2.01. The number of benzene rings is 1. The zero-order valence-electron chi connectivity index (χ0n) is 11.8. The number of ketones is 1.